The van der Waals surface area contributed by atoms with Gasteiger partial charge in [-0.15, -0.1) is 0 Å². The molecule has 0 saturated carbocycles. The highest BCUT2D eigenvalue weighted by Gasteiger charge is 2.21. The zero-order chi connectivity index (χ0) is 20.4. The molecule has 0 aliphatic rings. The summed E-state index contributed by atoms with van der Waals surface area (Å²) in [7, 11) is 1.53. The van der Waals surface area contributed by atoms with E-state index in [4.69, 9.17) is 4.74 Å². The maximum Gasteiger partial charge on any atom is 0.252 e. The highest BCUT2D eigenvalue weighted by atomic mass is 16.5. The Balaban J connectivity index is 2.01. The molecule has 0 saturated heterocycles. The molecule has 0 radical (unpaired) electrons. The van der Waals surface area contributed by atoms with Crippen LogP contribution in [0.25, 0.3) is 10.9 Å². The van der Waals surface area contributed by atoms with E-state index >= 15 is 0 Å². The molecule has 0 bridgehead atoms. The number of hydrogen-bond donors (Lipinski definition) is 1. The lowest BCUT2D eigenvalue weighted by Gasteiger charge is -2.20. The second-order valence-corrected chi connectivity index (χ2v) is 6.69. The molecule has 1 amide bonds. The molecule has 0 spiro atoms. The summed E-state index contributed by atoms with van der Waals surface area (Å²) in [5.74, 6) is 0.147. The molecule has 2 aromatic carbocycles. The number of hydrogen-bond acceptors (Lipinski definition) is 4. The number of anilines is 1. The van der Waals surface area contributed by atoms with Gasteiger partial charge in [-0.25, -0.2) is 0 Å². The number of aryl methyl sites for hydroxylation is 1. The lowest BCUT2D eigenvalue weighted by Crippen LogP contribution is -2.32. The fraction of sp³-hybridized carbons (Fsp3) is 0.227. The van der Waals surface area contributed by atoms with Gasteiger partial charge in [-0.05, 0) is 56.7 Å². The van der Waals surface area contributed by atoms with Crippen molar-refractivity contribution in [3.05, 3.63) is 70.0 Å². The zero-order valence-corrected chi connectivity index (χ0v) is 16.3. The van der Waals surface area contributed by atoms with E-state index in [2.05, 4.69) is 5.32 Å². The molecule has 3 rings (SSSR count). The van der Waals surface area contributed by atoms with Crippen molar-refractivity contribution >= 4 is 28.3 Å². The van der Waals surface area contributed by atoms with Gasteiger partial charge in [-0.1, -0.05) is 12.1 Å². The molecule has 144 valence electrons. The average molecular weight is 378 g/mol. The Morgan fingerprint density at radius 2 is 1.79 bits per heavy atom. The third-order valence-electron chi connectivity index (χ3n) is 4.79. The Kier molecular flexibility index (Phi) is 5.31. The fourth-order valence-corrected chi connectivity index (χ4v) is 3.23. The molecular formula is C22H22N2O4. The van der Waals surface area contributed by atoms with E-state index in [0.717, 1.165) is 10.9 Å². The van der Waals surface area contributed by atoms with Gasteiger partial charge in [0.05, 0.1) is 12.6 Å². The Morgan fingerprint density at radius 3 is 2.39 bits per heavy atom. The van der Waals surface area contributed by atoms with Crippen molar-refractivity contribution in [3.8, 4) is 5.75 Å². The number of para-hydroxylation sites is 1. The second-order valence-electron chi connectivity index (χ2n) is 6.69. The summed E-state index contributed by atoms with van der Waals surface area (Å²) < 4.78 is 6.88. The smallest absolute Gasteiger partial charge is 0.252 e. The summed E-state index contributed by atoms with van der Waals surface area (Å²) in [6.45, 7) is 5.01. The van der Waals surface area contributed by atoms with Gasteiger partial charge in [0, 0.05) is 22.7 Å². The summed E-state index contributed by atoms with van der Waals surface area (Å²) in [5, 5.41) is 3.65. The van der Waals surface area contributed by atoms with Crippen LogP contribution >= 0.6 is 0 Å². The molecule has 0 aliphatic carbocycles. The molecular weight excluding hydrogens is 356 g/mol. The van der Waals surface area contributed by atoms with Crippen LogP contribution < -0.4 is 15.6 Å². The van der Waals surface area contributed by atoms with Crippen molar-refractivity contribution in [3.63, 3.8) is 0 Å². The first-order valence-corrected chi connectivity index (χ1v) is 8.94. The number of fused-ring (bicyclic) bond motifs is 1. The minimum Gasteiger partial charge on any atom is -0.495 e. The number of aromatic nitrogens is 1. The predicted molar refractivity (Wildman–Crippen MR) is 109 cm³/mol. The van der Waals surface area contributed by atoms with Crippen molar-refractivity contribution in [1.82, 2.24) is 4.57 Å². The van der Waals surface area contributed by atoms with Gasteiger partial charge in [0.2, 0.25) is 5.91 Å². The first-order chi connectivity index (χ1) is 13.3. The molecule has 1 heterocycles. The van der Waals surface area contributed by atoms with Crippen molar-refractivity contribution in [1.29, 1.82) is 0 Å². The molecule has 28 heavy (non-hydrogen) atoms. The van der Waals surface area contributed by atoms with Crippen molar-refractivity contribution in [2.24, 2.45) is 0 Å². The van der Waals surface area contributed by atoms with Crippen molar-refractivity contribution < 1.29 is 14.3 Å². The van der Waals surface area contributed by atoms with Gasteiger partial charge in [0.25, 0.3) is 5.56 Å². The monoisotopic (exact) mass is 378 g/mol. The van der Waals surface area contributed by atoms with E-state index < -0.39 is 6.04 Å². The summed E-state index contributed by atoms with van der Waals surface area (Å²) in [6, 6.07) is 12.9. The van der Waals surface area contributed by atoms with Crippen molar-refractivity contribution in [2.45, 2.75) is 26.8 Å². The minimum absolute atomic E-state index is 0.0454. The van der Waals surface area contributed by atoms with E-state index in [9.17, 15) is 14.4 Å². The number of nitrogens with zero attached hydrogens (tertiary/aromatic N) is 1. The number of ketones is 1. The SMILES string of the molecule is COc1cccc2c(C)cc(=O)n(C(C)C(=O)Nc3ccc(C(C)=O)cc3)c12. The number of benzene rings is 2. The van der Waals surface area contributed by atoms with E-state index in [1.54, 1.807) is 37.3 Å². The molecule has 0 aliphatic heterocycles. The van der Waals surface area contributed by atoms with Crippen LogP contribution in [0.15, 0.2) is 53.3 Å². The maximum absolute atomic E-state index is 12.8. The van der Waals surface area contributed by atoms with Crippen molar-refractivity contribution in [2.75, 3.05) is 12.4 Å². The van der Waals surface area contributed by atoms with Gasteiger partial charge < -0.3 is 10.1 Å². The Morgan fingerprint density at radius 1 is 1.11 bits per heavy atom. The lowest BCUT2D eigenvalue weighted by molar-refractivity contribution is -0.118. The van der Waals surface area contributed by atoms with Gasteiger partial charge in [-0.3, -0.25) is 19.0 Å². The van der Waals surface area contributed by atoms with Crippen LogP contribution in [0, 0.1) is 6.92 Å². The highest BCUT2D eigenvalue weighted by molar-refractivity contribution is 5.97. The average Bonchev–Trinajstić information content (AvgIpc) is 2.67. The number of carbonyl (C=O) groups is 2. The maximum atomic E-state index is 12.8. The molecule has 1 aromatic heterocycles. The third kappa shape index (κ3) is 3.53. The van der Waals surface area contributed by atoms with E-state index in [-0.39, 0.29) is 17.2 Å². The number of nitrogens with one attached hydrogen (secondary N) is 1. The summed E-state index contributed by atoms with van der Waals surface area (Å²) >= 11 is 0. The minimum atomic E-state index is -0.764. The molecule has 1 atom stereocenters. The van der Waals surface area contributed by atoms with Gasteiger partial charge in [0.1, 0.15) is 11.8 Å². The number of pyridine rings is 1. The largest absolute Gasteiger partial charge is 0.495 e. The number of ether oxygens (including phenoxy) is 1. The Bertz CT molecular complexity index is 1110. The topological polar surface area (TPSA) is 77.4 Å². The zero-order valence-electron chi connectivity index (χ0n) is 16.3. The predicted octanol–water partition coefficient (Wildman–Crippen LogP) is 3.72. The van der Waals surface area contributed by atoms with E-state index in [1.807, 2.05) is 19.1 Å². The van der Waals surface area contributed by atoms with E-state index in [1.165, 1.54) is 24.7 Å². The molecule has 6 heteroatoms. The van der Waals surface area contributed by atoms with Gasteiger partial charge >= 0.3 is 0 Å². The normalized spacial score (nSPS) is 11.9. The number of Topliss-reactive ketones (excluding diaryl/α,β-unsaturated/α-hetero) is 1. The van der Waals surface area contributed by atoms with Crippen LogP contribution in [0.4, 0.5) is 5.69 Å². The van der Waals surface area contributed by atoms with E-state index in [0.29, 0.717) is 22.5 Å². The van der Waals surface area contributed by atoms with Gasteiger partial charge in [0.15, 0.2) is 5.78 Å². The highest BCUT2D eigenvalue weighted by Crippen LogP contribution is 2.28. The first-order valence-electron chi connectivity index (χ1n) is 8.94. The standard InChI is InChI=1S/C22H22N2O4/c1-13-12-20(26)24(21-18(13)6-5-7-19(21)28-4)14(2)22(27)23-17-10-8-16(9-11-17)15(3)25/h5-12,14H,1-4H3,(H,23,27). The van der Waals surface area contributed by atoms with Gasteiger partial charge in [-0.2, -0.15) is 0 Å². The van der Waals surface area contributed by atoms with Crippen LogP contribution in [0.2, 0.25) is 0 Å². The molecule has 6 nitrogen and oxygen atoms in total. The summed E-state index contributed by atoms with van der Waals surface area (Å²) in [5.41, 5.74) is 2.26. The third-order valence-corrected chi connectivity index (χ3v) is 4.79. The number of amides is 1. The van der Waals surface area contributed by atoms with Crippen LogP contribution in [-0.2, 0) is 4.79 Å². The van der Waals surface area contributed by atoms with Crippen LogP contribution in [0.5, 0.6) is 5.75 Å². The quantitative estimate of drug-likeness (QED) is 0.687. The van der Waals surface area contributed by atoms with Crippen LogP contribution in [0.3, 0.4) is 0 Å². The first kappa shape index (κ1) is 19.4. The molecule has 0 fully saturated rings. The number of methoxy groups -OCH3 is 1. The molecule has 1 N–H and O–H groups in total. The van der Waals surface area contributed by atoms with Crippen LogP contribution in [0.1, 0.15) is 35.8 Å². The summed E-state index contributed by atoms with van der Waals surface area (Å²) in [6.07, 6.45) is 0. The Labute approximate surface area is 162 Å². The molecule has 1 unspecified atom stereocenters. The Hall–Kier alpha value is -3.41. The lowest BCUT2D eigenvalue weighted by atomic mass is 10.1. The number of rotatable bonds is 5. The summed E-state index contributed by atoms with van der Waals surface area (Å²) in [4.78, 5) is 36.9. The molecule has 3 aromatic rings. The van der Waals surface area contributed by atoms with Crippen LogP contribution in [-0.4, -0.2) is 23.4 Å². The fourth-order valence-electron chi connectivity index (χ4n) is 3.23. The second kappa shape index (κ2) is 7.68. The number of carbonyl (C=O) groups excluding carboxylic acids is 2.